The molecule has 0 bridgehead atoms. The van der Waals surface area contributed by atoms with E-state index in [4.69, 9.17) is 28.9 Å². The van der Waals surface area contributed by atoms with E-state index >= 15 is 0 Å². The molecule has 92 valence electrons. The van der Waals surface area contributed by atoms with Gasteiger partial charge >= 0.3 is 0 Å². The van der Waals surface area contributed by atoms with Crippen LogP contribution in [0.4, 0.5) is 11.4 Å². The largest absolute Gasteiger partial charge is 0.399 e. The van der Waals surface area contributed by atoms with E-state index in [1.807, 2.05) is 24.3 Å². The monoisotopic (exact) mass is 278 g/mol. The lowest BCUT2D eigenvalue weighted by atomic mass is 10.1. The van der Waals surface area contributed by atoms with Crippen molar-refractivity contribution in [3.63, 3.8) is 0 Å². The first-order chi connectivity index (χ1) is 8.58. The van der Waals surface area contributed by atoms with E-state index in [1.165, 1.54) is 0 Å². The predicted molar refractivity (Wildman–Crippen MR) is 80.0 cm³/mol. The van der Waals surface area contributed by atoms with Crippen LogP contribution in [-0.2, 0) is 0 Å². The minimum absolute atomic E-state index is 0.559. The highest BCUT2D eigenvalue weighted by Crippen LogP contribution is 2.31. The van der Waals surface area contributed by atoms with E-state index in [-0.39, 0.29) is 0 Å². The molecule has 0 saturated heterocycles. The summed E-state index contributed by atoms with van der Waals surface area (Å²) in [6.45, 7) is 3.95. The molecule has 0 heterocycles. The van der Waals surface area contributed by atoms with Gasteiger partial charge in [0.2, 0.25) is 0 Å². The van der Waals surface area contributed by atoms with Crippen LogP contribution in [0.2, 0.25) is 10.0 Å². The molecule has 0 aliphatic carbocycles. The van der Waals surface area contributed by atoms with Crippen LogP contribution in [0.3, 0.4) is 0 Å². The summed E-state index contributed by atoms with van der Waals surface area (Å²) >= 11 is 12.2. The molecule has 0 unspecified atom stereocenters. The molecule has 2 nitrogen and oxygen atoms in total. The van der Waals surface area contributed by atoms with Crippen molar-refractivity contribution in [2.24, 2.45) is 0 Å². The van der Waals surface area contributed by atoms with Crippen LogP contribution >= 0.6 is 23.2 Å². The molecule has 0 aliphatic heterocycles. The highest BCUT2D eigenvalue weighted by atomic mass is 35.5. The molecule has 0 aliphatic rings. The van der Waals surface area contributed by atoms with E-state index in [0.717, 1.165) is 5.69 Å². The van der Waals surface area contributed by atoms with Gasteiger partial charge in [0.15, 0.2) is 0 Å². The second-order valence-corrected chi connectivity index (χ2v) is 4.64. The summed E-state index contributed by atoms with van der Waals surface area (Å²) in [6.07, 6.45) is 0. The van der Waals surface area contributed by atoms with Gasteiger partial charge in [-0.3, -0.25) is 0 Å². The summed E-state index contributed by atoms with van der Waals surface area (Å²) in [5.41, 5.74) is 8.57. The maximum Gasteiger partial charge on any atom is 0.0514 e. The Bertz CT molecular complexity index is 574. The number of halogens is 2. The summed E-state index contributed by atoms with van der Waals surface area (Å²) in [4.78, 5) is 0. The third kappa shape index (κ3) is 2.78. The molecular weight excluding hydrogens is 267 g/mol. The van der Waals surface area contributed by atoms with Gasteiger partial charge in [0, 0.05) is 22.6 Å². The second kappa shape index (κ2) is 5.34. The number of nitrogens with one attached hydrogen (secondary N) is 1. The van der Waals surface area contributed by atoms with Crippen LogP contribution in [-0.4, -0.2) is 0 Å². The molecule has 2 aromatic carbocycles. The average molecular weight is 279 g/mol. The number of hydrogen-bond donors (Lipinski definition) is 2. The van der Waals surface area contributed by atoms with Gasteiger partial charge in [-0.25, -0.2) is 0 Å². The molecule has 0 spiro atoms. The second-order valence-electron chi connectivity index (χ2n) is 3.83. The van der Waals surface area contributed by atoms with Crippen molar-refractivity contribution in [3.8, 4) is 0 Å². The Morgan fingerprint density at radius 1 is 1.06 bits per heavy atom. The molecule has 0 saturated carbocycles. The zero-order valence-electron chi connectivity index (χ0n) is 9.58. The maximum absolute atomic E-state index is 6.11. The molecule has 4 heteroatoms. The fraction of sp³-hybridized carbons (Fsp3) is 0. The van der Waals surface area contributed by atoms with E-state index in [2.05, 4.69) is 11.9 Å². The molecule has 0 atom stereocenters. The van der Waals surface area contributed by atoms with Crippen molar-refractivity contribution < 1.29 is 0 Å². The van der Waals surface area contributed by atoms with Crippen molar-refractivity contribution >= 4 is 40.3 Å². The van der Waals surface area contributed by atoms with Crippen molar-refractivity contribution in [2.75, 3.05) is 11.1 Å². The first kappa shape index (κ1) is 12.8. The normalized spacial score (nSPS) is 10.1. The van der Waals surface area contributed by atoms with E-state index in [1.54, 1.807) is 18.2 Å². The first-order valence-corrected chi connectivity index (χ1v) is 6.09. The Labute approximate surface area is 116 Å². The van der Waals surface area contributed by atoms with Crippen molar-refractivity contribution in [3.05, 3.63) is 64.7 Å². The van der Waals surface area contributed by atoms with Crippen LogP contribution in [0, 0.1) is 0 Å². The van der Waals surface area contributed by atoms with Crippen molar-refractivity contribution in [1.82, 2.24) is 0 Å². The topological polar surface area (TPSA) is 38.0 Å². The number of benzene rings is 2. The molecule has 0 fully saturated rings. The van der Waals surface area contributed by atoms with Crippen molar-refractivity contribution in [2.45, 2.75) is 0 Å². The lowest BCUT2D eigenvalue weighted by molar-refractivity contribution is 1.54. The van der Waals surface area contributed by atoms with Crippen molar-refractivity contribution in [1.29, 1.82) is 0 Å². The number of hydrogen-bond acceptors (Lipinski definition) is 2. The summed E-state index contributed by atoms with van der Waals surface area (Å²) in [7, 11) is 0. The fourth-order valence-electron chi connectivity index (χ4n) is 1.64. The van der Waals surface area contributed by atoms with E-state index < -0.39 is 0 Å². The van der Waals surface area contributed by atoms with Crippen LogP contribution in [0.25, 0.3) is 5.70 Å². The molecular formula is C14H12Cl2N2. The molecule has 2 aromatic rings. The maximum atomic E-state index is 6.11. The summed E-state index contributed by atoms with van der Waals surface area (Å²) in [5, 5.41) is 4.26. The molecule has 2 rings (SSSR count). The van der Waals surface area contributed by atoms with Crippen LogP contribution in [0.15, 0.2) is 49.0 Å². The van der Waals surface area contributed by atoms with Gasteiger partial charge in [0.25, 0.3) is 0 Å². The number of rotatable bonds is 3. The van der Waals surface area contributed by atoms with Gasteiger partial charge in [0.1, 0.15) is 0 Å². The van der Waals surface area contributed by atoms with Gasteiger partial charge in [-0.15, -0.1) is 0 Å². The lowest BCUT2D eigenvalue weighted by Crippen LogP contribution is -1.99. The zero-order valence-corrected chi connectivity index (χ0v) is 11.1. The smallest absolute Gasteiger partial charge is 0.0514 e. The molecule has 18 heavy (non-hydrogen) atoms. The number of nitrogen functional groups attached to an aromatic ring is 1. The lowest BCUT2D eigenvalue weighted by Gasteiger charge is -2.13. The Balaban J connectivity index is 2.28. The Hall–Kier alpha value is -1.64. The van der Waals surface area contributed by atoms with E-state index in [9.17, 15) is 0 Å². The number of anilines is 2. The van der Waals surface area contributed by atoms with Gasteiger partial charge in [0.05, 0.1) is 10.0 Å². The summed E-state index contributed by atoms with van der Waals surface area (Å²) in [5.74, 6) is 0. The molecule has 0 aromatic heterocycles. The van der Waals surface area contributed by atoms with Crippen LogP contribution in [0.1, 0.15) is 5.56 Å². The number of nitrogens with two attached hydrogens (primary N) is 1. The first-order valence-electron chi connectivity index (χ1n) is 5.34. The third-order valence-electron chi connectivity index (χ3n) is 2.45. The van der Waals surface area contributed by atoms with Crippen LogP contribution in [0.5, 0.6) is 0 Å². The molecule has 3 N–H and O–H groups in total. The molecule has 0 radical (unpaired) electrons. The summed E-state index contributed by atoms with van der Waals surface area (Å²) < 4.78 is 0. The van der Waals surface area contributed by atoms with Gasteiger partial charge in [-0.2, -0.15) is 0 Å². The summed E-state index contributed by atoms with van der Waals surface area (Å²) in [6, 6.07) is 12.7. The Morgan fingerprint density at radius 2 is 1.67 bits per heavy atom. The van der Waals surface area contributed by atoms with Crippen LogP contribution < -0.4 is 11.1 Å². The Morgan fingerprint density at radius 3 is 2.28 bits per heavy atom. The highest BCUT2D eigenvalue weighted by Gasteiger charge is 2.09. The highest BCUT2D eigenvalue weighted by molar-refractivity contribution is 6.37. The SMILES string of the molecule is C=C(Nc1cccc(N)c1)c1c(Cl)cccc1Cl. The van der Waals surface area contributed by atoms with E-state index in [0.29, 0.717) is 27.0 Å². The zero-order chi connectivity index (χ0) is 13.1. The van der Waals surface area contributed by atoms with Gasteiger partial charge < -0.3 is 11.1 Å². The quantitative estimate of drug-likeness (QED) is 0.802. The molecule has 0 amide bonds. The predicted octanol–water partition coefficient (Wildman–Crippen LogP) is 4.66. The van der Waals surface area contributed by atoms with Gasteiger partial charge in [-0.1, -0.05) is 41.9 Å². The minimum Gasteiger partial charge on any atom is -0.399 e. The average Bonchev–Trinajstić information content (AvgIpc) is 2.28. The fourth-order valence-corrected chi connectivity index (χ4v) is 2.26. The Kier molecular flexibility index (Phi) is 3.80. The standard InChI is InChI=1S/C14H12Cl2N2/c1-9(14-12(15)6-3-7-13(14)16)18-11-5-2-4-10(17)8-11/h2-8,18H,1,17H2. The third-order valence-corrected chi connectivity index (χ3v) is 3.08. The van der Waals surface area contributed by atoms with Gasteiger partial charge in [-0.05, 0) is 30.3 Å². The minimum atomic E-state index is 0.559.